The van der Waals surface area contributed by atoms with Gasteiger partial charge in [-0.3, -0.25) is 0 Å². The van der Waals surface area contributed by atoms with E-state index in [0.717, 1.165) is 24.0 Å². The molecule has 0 radical (unpaired) electrons. The fourth-order valence-electron chi connectivity index (χ4n) is 2.96. The second-order valence-corrected chi connectivity index (χ2v) is 5.89. The summed E-state index contributed by atoms with van der Waals surface area (Å²) in [6.07, 6.45) is 4.95. The number of nitrogens with one attached hydrogen (secondary N) is 1. The second kappa shape index (κ2) is 7.74. The first-order valence-corrected chi connectivity index (χ1v) is 7.81. The van der Waals surface area contributed by atoms with Gasteiger partial charge in [-0.2, -0.15) is 0 Å². The van der Waals surface area contributed by atoms with Crippen LogP contribution in [0.25, 0.3) is 0 Å². The molecule has 1 heterocycles. The smallest absolute Gasteiger partial charge is 0.106 e. The van der Waals surface area contributed by atoms with Gasteiger partial charge in [-0.25, -0.2) is 0 Å². The Labute approximate surface area is 119 Å². The topological polar surface area (TPSA) is 25.2 Å². The molecule has 0 fully saturated rings. The summed E-state index contributed by atoms with van der Waals surface area (Å²) < 4.78 is 5.81. The summed E-state index contributed by atoms with van der Waals surface area (Å²) in [5.41, 5.74) is 2.73. The lowest BCUT2D eigenvalue weighted by molar-refractivity contribution is 0.384. The van der Waals surface area contributed by atoms with Crippen molar-refractivity contribution >= 4 is 0 Å². The van der Waals surface area contributed by atoms with Crippen LogP contribution in [-0.2, 0) is 0 Å². The maximum atomic E-state index is 5.81. The zero-order chi connectivity index (χ0) is 14.4. The number of furan rings is 1. The summed E-state index contributed by atoms with van der Waals surface area (Å²) in [6, 6.07) is 0.443. The Bertz CT molecular complexity index is 381. The zero-order valence-corrected chi connectivity index (χ0v) is 13.6. The van der Waals surface area contributed by atoms with Gasteiger partial charge in [-0.15, -0.1) is 0 Å². The van der Waals surface area contributed by atoms with Crippen molar-refractivity contribution in [2.24, 2.45) is 5.92 Å². The van der Waals surface area contributed by atoms with Crippen LogP contribution in [0.1, 0.15) is 75.1 Å². The highest BCUT2D eigenvalue weighted by Gasteiger charge is 2.22. The largest absolute Gasteiger partial charge is 0.466 e. The standard InChI is InChI=1S/C17H31NO/c1-7-9-12(3)11-16(18-10-8-2)17-13(4)14(5)19-15(17)6/h12,16,18H,7-11H2,1-6H3. The van der Waals surface area contributed by atoms with E-state index in [9.17, 15) is 0 Å². The minimum absolute atomic E-state index is 0.443. The Kier molecular flexibility index (Phi) is 6.64. The lowest BCUT2D eigenvalue weighted by Gasteiger charge is -2.23. The van der Waals surface area contributed by atoms with E-state index in [1.807, 2.05) is 0 Å². The van der Waals surface area contributed by atoms with Crippen LogP contribution >= 0.6 is 0 Å². The van der Waals surface area contributed by atoms with Crippen molar-refractivity contribution in [3.63, 3.8) is 0 Å². The van der Waals surface area contributed by atoms with Gasteiger partial charge in [-0.1, -0.05) is 33.6 Å². The molecule has 110 valence electrons. The molecule has 0 aliphatic rings. The SMILES string of the molecule is CCCNC(CC(C)CCC)c1c(C)oc(C)c1C. The number of hydrogen-bond donors (Lipinski definition) is 1. The molecule has 2 nitrogen and oxygen atoms in total. The number of hydrogen-bond acceptors (Lipinski definition) is 2. The normalized spacial score (nSPS) is 14.6. The molecule has 0 aliphatic carbocycles. The minimum atomic E-state index is 0.443. The van der Waals surface area contributed by atoms with E-state index in [1.165, 1.54) is 36.8 Å². The third-order valence-electron chi connectivity index (χ3n) is 4.03. The van der Waals surface area contributed by atoms with Gasteiger partial charge in [-0.05, 0) is 51.6 Å². The monoisotopic (exact) mass is 265 g/mol. The highest BCUT2D eigenvalue weighted by molar-refractivity contribution is 5.34. The summed E-state index contributed by atoms with van der Waals surface area (Å²) in [6.45, 7) is 14.3. The number of rotatable bonds is 8. The Morgan fingerprint density at radius 3 is 2.21 bits per heavy atom. The van der Waals surface area contributed by atoms with Crippen molar-refractivity contribution in [3.05, 3.63) is 22.6 Å². The number of aryl methyl sites for hydroxylation is 2. The van der Waals surface area contributed by atoms with Gasteiger partial charge in [0.25, 0.3) is 0 Å². The predicted molar refractivity (Wildman–Crippen MR) is 82.6 cm³/mol. The first-order valence-electron chi connectivity index (χ1n) is 7.81. The molecule has 2 unspecified atom stereocenters. The second-order valence-electron chi connectivity index (χ2n) is 5.89. The average Bonchev–Trinajstić information content (AvgIpc) is 2.59. The van der Waals surface area contributed by atoms with Crippen molar-refractivity contribution in [1.82, 2.24) is 5.32 Å². The molecule has 0 amide bonds. The quantitative estimate of drug-likeness (QED) is 0.709. The summed E-state index contributed by atoms with van der Waals surface area (Å²) in [4.78, 5) is 0. The van der Waals surface area contributed by atoms with Crippen LogP contribution in [0.2, 0.25) is 0 Å². The fraction of sp³-hybridized carbons (Fsp3) is 0.765. The summed E-state index contributed by atoms with van der Waals surface area (Å²) in [5.74, 6) is 2.92. The van der Waals surface area contributed by atoms with Crippen molar-refractivity contribution in [3.8, 4) is 0 Å². The van der Waals surface area contributed by atoms with E-state index in [0.29, 0.717) is 6.04 Å². The fourth-order valence-corrected chi connectivity index (χ4v) is 2.96. The van der Waals surface area contributed by atoms with Crippen molar-refractivity contribution < 1.29 is 4.42 Å². The maximum absolute atomic E-state index is 5.81. The lowest BCUT2D eigenvalue weighted by atomic mass is 9.91. The summed E-state index contributed by atoms with van der Waals surface area (Å²) in [7, 11) is 0. The van der Waals surface area contributed by atoms with E-state index in [4.69, 9.17) is 4.42 Å². The van der Waals surface area contributed by atoms with Gasteiger partial charge < -0.3 is 9.73 Å². The maximum Gasteiger partial charge on any atom is 0.106 e. The molecule has 0 saturated carbocycles. The van der Waals surface area contributed by atoms with Crippen molar-refractivity contribution in [2.75, 3.05) is 6.54 Å². The Balaban J connectivity index is 2.89. The third-order valence-corrected chi connectivity index (χ3v) is 4.03. The van der Waals surface area contributed by atoms with E-state index in [1.54, 1.807) is 0 Å². The predicted octanol–water partition coefficient (Wildman–Crippen LogP) is 5.07. The minimum Gasteiger partial charge on any atom is -0.466 e. The Morgan fingerprint density at radius 2 is 1.74 bits per heavy atom. The van der Waals surface area contributed by atoms with Crippen LogP contribution in [0.5, 0.6) is 0 Å². The van der Waals surface area contributed by atoms with E-state index in [-0.39, 0.29) is 0 Å². The third kappa shape index (κ3) is 4.38. The molecule has 1 N–H and O–H groups in total. The van der Waals surface area contributed by atoms with E-state index in [2.05, 4.69) is 46.9 Å². The first kappa shape index (κ1) is 16.3. The lowest BCUT2D eigenvalue weighted by Crippen LogP contribution is -2.25. The van der Waals surface area contributed by atoms with E-state index >= 15 is 0 Å². The van der Waals surface area contributed by atoms with Crippen LogP contribution in [0.4, 0.5) is 0 Å². The first-order chi connectivity index (χ1) is 9.01. The molecule has 19 heavy (non-hydrogen) atoms. The van der Waals surface area contributed by atoms with Gasteiger partial charge in [0.15, 0.2) is 0 Å². The molecule has 0 aliphatic heterocycles. The molecule has 2 heteroatoms. The Morgan fingerprint density at radius 1 is 1.05 bits per heavy atom. The molecule has 1 rings (SSSR count). The Hall–Kier alpha value is -0.760. The zero-order valence-electron chi connectivity index (χ0n) is 13.6. The van der Waals surface area contributed by atoms with Gasteiger partial charge in [0, 0.05) is 11.6 Å². The molecule has 0 bridgehead atoms. The summed E-state index contributed by atoms with van der Waals surface area (Å²) in [5, 5.41) is 3.71. The van der Waals surface area contributed by atoms with Gasteiger partial charge in [0.1, 0.15) is 11.5 Å². The highest BCUT2D eigenvalue weighted by Crippen LogP contribution is 2.32. The molecule has 0 aromatic carbocycles. The molecular formula is C17H31NO. The van der Waals surface area contributed by atoms with Gasteiger partial charge in [0.2, 0.25) is 0 Å². The molecule has 2 atom stereocenters. The molecule has 0 spiro atoms. The van der Waals surface area contributed by atoms with Crippen LogP contribution < -0.4 is 5.32 Å². The highest BCUT2D eigenvalue weighted by atomic mass is 16.3. The van der Waals surface area contributed by atoms with Gasteiger partial charge >= 0.3 is 0 Å². The molecule has 1 aromatic heterocycles. The molecule has 1 aromatic rings. The van der Waals surface area contributed by atoms with Crippen LogP contribution in [0.15, 0.2) is 4.42 Å². The van der Waals surface area contributed by atoms with Crippen LogP contribution in [-0.4, -0.2) is 6.54 Å². The van der Waals surface area contributed by atoms with Crippen molar-refractivity contribution in [2.45, 2.75) is 73.3 Å². The molecule has 0 saturated heterocycles. The molecular weight excluding hydrogens is 234 g/mol. The summed E-state index contributed by atoms with van der Waals surface area (Å²) >= 11 is 0. The van der Waals surface area contributed by atoms with E-state index < -0.39 is 0 Å². The van der Waals surface area contributed by atoms with Gasteiger partial charge in [0.05, 0.1) is 0 Å². The van der Waals surface area contributed by atoms with Crippen molar-refractivity contribution in [1.29, 1.82) is 0 Å². The van der Waals surface area contributed by atoms with Crippen LogP contribution in [0, 0.1) is 26.7 Å². The average molecular weight is 265 g/mol. The van der Waals surface area contributed by atoms with Crippen LogP contribution in [0.3, 0.4) is 0 Å².